The van der Waals surface area contributed by atoms with Crippen LogP contribution in [-0.2, 0) is 4.74 Å². The van der Waals surface area contributed by atoms with E-state index in [2.05, 4.69) is 5.32 Å². The van der Waals surface area contributed by atoms with Gasteiger partial charge in [-0.3, -0.25) is 4.90 Å². The second-order valence-corrected chi connectivity index (χ2v) is 5.57. The lowest BCUT2D eigenvalue weighted by Crippen LogP contribution is -2.40. The molecule has 0 spiro atoms. The largest absolute Gasteiger partial charge is 0.443 e. The third kappa shape index (κ3) is 5.30. The molecule has 0 fully saturated rings. The molecule has 4 heteroatoms. The number of amides is 1. The van der Waals surface area contributed by atoms with Crippen LogP contribution in [0.25, 0.3) is 0 Å². The number of ether oxygens (including phenoxy) is 1. The molecule has 0 radical (unpaired) electrons. The first-order chi connectivity index (χ1) is 8.83. The van der Waals surface area contributed by atoms with Crippen LogP contribution in [-0.4, -0.2) is 31.8 Å². The molecule has 0 unspecified atom stereocenters. The molecule has 0 aliphatic heterocycles. The van der Waals surface area contributed by atoms with Gasteiger partial charge in [-0.1, -0.05) is 17.7 Å². The highest BCUT2D eigenvalue weighted by Gasteiger charge is 2.22. The Kier molecular flexibility index (Phi) is 5.36. The molecule has 106 valence electrons. The zero-order chi connectivity index (χ0) is 14.5. The van der Waals surface area contributed by atoms with Gasteiger partial charge in [0.05, 0.1) is 0 Å². The highest BCUT2D eigenvalue weighted by atomic mass is 16.6. The van der Waals surface area contributed by atoms with Gasteiger partial charge in [0.1, 0.15) is 5.60 Å². The molecule has 1 aromatic carbocycles. The second-order valence-electron chi connectivity index (χ2n) is 5.57. The van der Waals surface area contributed by atoms with E-state index in [1.807, 2.05) is 59.0 Å². The standard InChI is InChI=1S/C15H24N2O2/c1-12-6-8-13(9-7-12)17(11-10-16-5)14(18)19-15(2,3)4/h6-9,16H,10-11H2,1-5H3. The topological polar surface area (TPSA) is 41.6 Å². The average Bonchev–Trinajstić information content (AvgIpc) is 2.29. The lowest BCUT2D eigenvalue weighted by atomic mass is 10.2. The van der Waals surface area contributed by atoms with E-state index in [-0.39, 0.29) is 6.09 Å². The van der Waals surface area contributed by atoms with Crippen LogP contribution in [0.1, 0.15) is 26.3 Å². The molecular formula is C15H24N2O2. The average molecular weight is 264 g/mol. The van der Waals surface area contributed by atoms with Crippen LogP contribution in [0, 0.1) is 6.92 Å². The highest BCUT2D eigenvalue weighted by Crippen LogP contribution is 2.18. The van der Waals surface area contributed by atoms with Crippen molar-refractivity contribution in [2.45, 2.75) is 33.3 Å². The summed E-state index contributed by atoms with van der Waals surface area (Å²) in [5.41, 5.74) is 1.54. The Hall–Kier alpha value is -1.55. The molecule has 1 amide bonds. The van der Waals surface area contributed by atoms with Gasteiger partial charge in [-0.05, 0) is 46.9 Å². The van der Waals surface area contributed by atoms with Crippen LogP contribution in [0.5, 0.6) is 0 Å². The van der Waals surface area contributed by atoms with Gasteiger partial charge in [0.15, 0.2) is 0 Å². The van der Waals surface area contributed by atoms with Crippen molar-refractivity contribution >= 4 is 11.8 Å². The van der Waals surface area contributed by atoms with Gasteiger partial charge in [-0.25, -0.2) is 4.79 Å². The van der Waals surface area contributed by atoms with Crippen molar-refractivity contribution < 1.29 is 9.53 Å². The number of nitrogens with zero attached hydrogens (tertiary/aromatic N) is 1. The number of benzene rings is 1. The molecule has 0 aliphatic rings. The van der Waals surface area contributed by atoms with Crippen LogP contribution >= 0.6 is 0 Å². The highest BCUT2D eigenvalue weighted by molar-refractivity contribution is 5.87. The Labute approximate surface area is 115 Å². The van der Waals surface area contributed by atoms with Crippen LogP contribution < -0.4 is 10.2 Å². The number of hydrogen-bond acceptors (Lipinski definition) is 3. The Morgan fingerprint density at radius 1 is 1.26 bits per heavy atom. The summed E-state index contributed by atoms with van der Waals surface area (Å²) in [4.78, 5) is 13.9. The minimum Gasteiger partial charge on any atom is -0.443 e. The molecule has 1 aromatic rings. The van der Waals surface area contributed by atoms with Gasteiger partial charge in [0.25, 0.3) is 0 Å². The van der Waals surface area contributed by atoms with Gasteiger partial charge >= 0.3 is 6.09 Å². The Morgan fingerprint density at radius 3 is 2.32 bits per heavy atom. The first-order valence-corrected chi connectivity index (χ1v) is 6.55. The zero-order valence-electron chi connectivity index (χ0n) is 12.5. The third-order valence-electron chi connectivity index (χ3n) is 2.54. The predicted molar refractivity (Wildman–Crippen MR) is 78.7 cm³/mol. The zero-order valence-corrected chi connectivity index (χ0v) is 12.5. The number of nitrogens with one attached hydrogen (secondary N) is 1. The van der Waals surface area contributed by atoms with E-state index in [9.17, 15) is 4.79 Å². The maximum atomic E-state index is 12.2. The molecule has 4 nitrogen and oxygen atoms in total. The number of carbonyl (C=O) groups excluding carboxylic acids is 1. The van der Waals surface area contributed by atoms with Crippen molar-refractivity contribution in [3.8, 4) is 0 Å². The molecule has 0 aliphatic carbocycles. The quantitative estimate of drug-likeness (QED) is 0.909. The molecule has 0 atom stereocenters. The number of likely N-dealkylation sites (N-methyl/N-ethyl adjacent to an activating group) is 1. The van der Waals surface area contributed by atoms with E-state index >= 15 is 0 Å². The number of hydrogen-bond donors (Lipinski definition) is 1. The molecule has 0 saturated carbocycles. The maximum Gasteiger partial charge on any atom is 0.414 e. The van der Waals surface area contributed by atoms with E-state index in [4.69, 9.17) is 4.74 Å². The minimum absolute atomic E-state index is 0.313. The Balaban J connectivity index is 2.87. The molecular weight excluding hydrogens is 240 g/mol. The van der Waals surface area contributed by atoms with E-state index in [1.54, 1.807) is 4.90 Å². The molecule has 0 aromatic heterocycles. The van der Waals surface area contributed by atoms with Crippen molar-refractivity contribution in [2.75, 3.05) is 25.0 Å². The minimum atomic E-state index is -0.486. The monoisotopic (exact) mass is 264 g/mol. The second kappa shape index (κ2) is 6.57. The Morgan fingerprint density at radius 2 is 1.84 bits per heavy atom. The lowest BCUT2D eigenvalue weighted by molar-refractivity contribution is 0.0581. The fourth-order valence-electron chi connectivity index (χ4n) is 1.59. The number of carbonyl (C=O) groups is 1. The summed E-state index contributed by atoms with van der Waals surface area (Å²) in [6, 6.07) is 7.86. The van der Waals surface area contributed by atoms with Crippen molar-refractivity contribution in [3.63, 3.8) is 0 Å². The summed E-state index contributed by atoms with van der Waals surface area (Å²) in [6.45, 7) is 8.93. The maximum absolute atomic E-state index is 12.2. The van der Waals surface area contributed by atoms with Crippen molar-refractivity contribution in [2.24, 2.45) is 0 Å². The van der Waals surface area contributed by atoms with Gasteiger partial charge in [-0.15, -0.1) is 0 Å². The summed E-state index contributed by atoms with van der Waals surface area (Å²) in [6.07, 6.45) is -0.313. The van der Waals surface area contributed by atoms with Gasteiger partial charge in [-0.2, -0.15) is 0 Å². The van der Waals surface area contributed by atoms with Crippen LogP contribution in [0.4, 0.5) is 10.5 Å². The van der Waals surface area contributed by atoms with Gasteiger partial charge in [0, 0.05) is 18.8 Å². The first-order valence-electron chi connectivity index (χ1n) is 6.55. The smallest absolute Gasteiger partial charge is 0.414 e. The molecule has 19 heavy (non-hydrogen) atoms. The third-order valence-corrected chi connectivity index (χ3v) is 2.54. The van der Waals surface area contributed by atoms with Crippen molar-refractivity contribution in [1.82, 2.24) is 5.32 Å². The fraction of sp³-hybridized carbons (Fsp3) is 0.533. The lowest BCUT2D eigenvalue weighted by Gasteiger charge is -2.27. The van der Waals surface area contributed by atoms with Crippen LogP contribution in [0.2, 0.25) is 0 Å². The Bertz CT molecular complexity index is 407. The fourth-order valence-corrected chi connectivity index (χ4v) is 1.59. The van der Waals surface area contributed by atoms with E-state index in [0.717, 1.165) is 5.69 Å². The van der Waals surface area contributed by atoms with Gasteiger partial charge in [0.2, 0.25) is 0 Å². The van der Waals surface area contributed by atoms with Crippen molar-refractivity contribution in [1.29, 1.82) is 0 Å². The summed E-state index contributed by atoms with van der Waals surface area (Å²) >= 11 is 0. The van der Waals surface area contributed by atoms with E-state index < -0.39 is 5.60 Å². The predicted octanol–water partition coefficient (Wildman–Crippen LogP) is 2.96. The SMILES string of the molecule is CNCCN(C(=O)OC(C)(C)C)c1ccc(C)cc1. The molecule has 0 saturated heterocycles. The normalized spacial score (nSPS) is 11.2. The van der Waals surface area contributed by atoms with Crippen LogP contribution in [0.15, 0.2) is 24.3 Å². The first kappa shape index (κ1) is 15.5. The molecule has 1 rings (SSSR count). The molecule has 1 N–H and O–H groups in total. The summed E-state index contributed by atoms with van der Waals surface area (Å²) in [5.74, 6) is 0. The summed E-state index contributed by atoms with van der Waals surface area (Å²) in [7, 11) is 1.86. The van der Waals surface area contributed by atoms with E-state index in [1.165, 1.54) is 5.56 Å². The number of rotatable bonds is 4. The number of anilines is 1. The van der Waals surface area contributed by atoms with Crippen molar-refractivity contribution in [3.05, 3.63) is 29.8 Å². The number of aryl methyl sites for hydroxylation is 1. The molecule has 0 heterocycles. The summed E-state index contributed by atoms with van der Waals surface area (Å²) in [5, 5.41) is 3.05. The molecule has 0 bridgehead atoms. The van der Waals surface area contributed by atoms with Crippen LogP contribution in [0.3, 0.4) is 0 Å². The van der Waals surface area contributed by atoms with Gasteiger partial charge < -0.3 is 10.1 Å². The summed E-state index contributed by atoms with van der Waals surface area (Å²) < 4.78 is 5.44. The van der Waals surface area contributed by atoms with E-state index in [0.29, 0.717) is 13.1 Å².